The van der Waals surface area contributed by atoms with E-state index in [0.717, 1.165) is 16.2 Å². The zero-order chi connectivity index (χ0) is 17.8. The van der Waals surface area contributed by atoms with Gasteiger partial charge >= 0.3 is 0 Å². The van der Waals surface area contributed by atoms with E-state index in [0.29, 0.717) is 18.0 Å². The van der Waals surface area contributed by atoms with Gasteiger partial charge in [-0.2, -0.15) is 0 Å². The van der Waals surface area contributed by atoms with Crippen molar-refractivity contribution in [3.8, 4) is 11.5 Å². The number of nitrogens with one attached hydrogen (secondary N) is 1. The highest BCUT2D eigenvalue weighted by Gasteiger charge is 2.32. The Balaban J connectivity index is 1.68. The number of rotatable bonds is 6. The third-order valence-electron chi connectivity index (χ3n) is 3.89. The lowest BCUT2D eigenvalue weighted by atomic mass is 10.2. The number of benzene rings is 2. The number of hydrogen-bond acceptors (Lipinski definition) is 5. The van der Waals surface area contributed by atoms with Crippen molar-refractivity contribution in [3.63, 3.8) is 0 Å². The van der Waals surface area contributed by atoms with Crippen LogP contribution in [0.3, 0.4) is 0 Å². The molecule has 0 radical (unpaired) electrons. The summed E-state index contributed by atoms with van der Waals surface area (Å²) in [4.78, 5) is 25.8. The second-order valence-corrected chi connectivity index (χ2v) is 5.44. The summed E-state index contributed by atoms with van der Waals surface area (Å²) < 4.78 is 10.2. The lowest BCUT2D eigenvalue weighted by Crippen LogP contribution is -2.33. The fourth-order valence-electron chi connectivity index (χ4n) is 2.51. The quantitative estimate of drug-likeness (QED) is 0.818. The Morgan fingerprint density at radius 3 is 2.00 bits per heavy atom. The molecule has 2 amide bonds. The molecule has 1 aliphatic heterocycles. The minimum atomic E-state index is -0.372. The summed E-state index contributed by atoms with van der Waals surface area (Å²) in [5.41, 5.74) is 1.76. The summed E-state index contributed by atoms with van der Waals surface area (Å²) in [5, 5.41) is 3.02. The first-order chi connectivity index (χ1) is 12.1. The number of ether oxygens (including phenoxy) is 2. The van der Waals surface area contributed by atoms with Crippen molar-refractivity contribution < 1.29 is 19.1 Å². The van der Waals surface area contributed by atoms with Crippen molar-refractivity contribution in [2.75, 3.05) is 19.1 Å². The molecule has 0 bridgehead atoms. The maximum Gasteiger partial charge on any atom is 0.281 e. The largest absolute Gasteiger partial charge is 0.497 e. The molecule has 1 N–H and O–H groups in total. The Bertz CT molecular complexity index is 810. The second-order valence-electron chi connectivity index (χ2n) is 5.44. The molecule has 2 aromatic rings. The average molecular weight is 338 g/mol. The number of nitrogens with zero attached hydrogens (tertiary/aromatic N) is 1. The third-order valence-corrected chi connectivity index (χ3v) is 3.89. The normalized spacial score (nSPS) is 13.7. The summed E-state index contributed by atoms with van der Waals surface area (Å²) in [6, 6.07) is 14.2. The Morgan fingerprint density at radius 1 is 0.880 bits per heavy atom. The molecule has 25 heavy (non-hydrogen) atoms. The van der Waals surface area contributed by atoms with Gasteiger partial charge in [-0.1, -0.05) is 12.1 Å². The van der Waals surface area contributed by atoms with Crippen LogP contribution in [0.25, 0.3) is 0 Å². The molecule has 0 fully saturated rings. The molecule has 0 saturated heterocycles. The minimum Gasteiger partial charge on any atom is -0.497 e. The maximum atomic E-state index is 12.5. The van der Waals surface area contributed by atoms with E-state index in [4.69, 9.17) is 9.47 Å². The molecular weight excluding hydrogens is 320 g/mol. The van der Waals surface area contributed by atoms with E-state index in [1.807, 2.05) is 24.3 Å². The number of carbonyl (C=O) groups excluding carboxylic acids is 2. The van der Waals surface area contributed by atoms with Crippen LogP contribution in [0.15, 0.2) is 60.3 Å². The highest BCUT2D eigenvalue weighted by Crippen LogP contribution is 2.24. The number of methoxy groups -OCH3 is 2. The molecule has 6 nitrogen and oxygen atoms in total. The van der Waals surface area contributed by atoms with Crippen LogP contribution >= 0.6 is 0 Å². The maximum absolute atomic E-state index is 12.5. The molecule has 128 valence electrons. The summed E-state index contributed by atoms with van der Waals surface area (Å²) in [6.07, 6.45) is 1.32. The number of hydrogen-bond donors (Lipinski definition) is 1. The summed E-state index contributed by atoms with van der Waals surface area (Å²) in [5.74, 6) is 0.686. The predicted molar refractivity (Wildman–Crippen MR) is 93.4 cm³/mol. The average Bonchev–Trinajstić information content (AvgIpc) is 2.94. The van der Waals surface area contributed by atoms with Crippen LogP contribution in [0.2, 0.25) is 0 Å². The minimum absolute atomic E-state index is 0.275. The van der Waals surface area contributed by atoms with Crippen molar-refractivity contribution in [3.05, 3.63) is 65.9 Å². The Labute approximate surface area is 145 Å². The van der Waals surface area contributed by atoms with Gasteiger partial charge in [0.25, 0.3) is 11.8 Å². The number of amides is 2. The molecule has 0 aromatic heterocycles. The Morgan fingerprint density at radius 2 is 1.44 bits per heavy atom. The van der Waals surface area contributed by atoms with Gasteiger partial charge < -0.3 is 14.8 Å². The van der Waals surface area contributed by atoms with E-state index in [9.17, 15) is 9.59 Å². The second kappa shape index (κ2) is 7.09. The first-order valence-corrected chi connectivity index (χ1v) is 7.73. The molecule has 0 saturated carbocycles. The number of imide groups is 1. The highest BCUT2D eigenvalue weighted by atomic mass is 16.5. The molecular formula is C19H18N2O4. The summed E-state index contributed by atoms with van der Waals surface area (Å²) >= 11 is 0. The van der Waals surface area contributed by atoms with Crippen LogP contribution in [0.5, 0.6) is 11.5 Å². The van der Waals surface area contributed by atoms with E-state index >= 15 is 0 Å². The van der Waals surface area contributed by atoms with Crippen LogP contribution in [-0.2, 0) is 16.1 Å². The van der Waals surface area contributed by atoms with Gasteiger partial charge in [0, 0.05) is 12.6 Å². The van der Waals surface area contributed by atoms with E-state index in [1.54, 1.807) is 38.5 Å². The fourth-order valence-corrected chi connectivity index (χ4v) is 2.51. The molecule has 0 spiro atoms. The van der Waals surface area contributed by atoms with Crippen LogP contribution in [0, 0.1) is 0 Å². The summed E-state index contributed by atoms with van der Waals surface area (Å²) in [7, 11) is 3.17. The van der Waals surface area contributed by atoms with Gasteiger partial charge in [-0.15, -0.1) is 0 Å². The smallest absolute Gasteiger partial charge is 0.281 e. The standard InChI is InChI=1S/C19H18N2O4/c1-24-15-7-3-13(4-8-15)12-20-17-11-18(22)21(19(17)23)14-5-9-16(25-2)10-6-14/h3-11,20H,12H2,1-2H3. The van der Waals surface area contributed by atoms with E-state index < -0.39 is 0 Å². The van der Waals surface area contributed by atoms with Gasteiger partial charge in [0.05, 0.1) is 19.9 Å². The van der Waals surface area contributed by atoms with Crippen molar-refractivity contribution in [2.24, 2.45) is 0 Å². The lowest BCUT2D eigenvalue weighted by Gasteiger charge is -2.15. The van der Waals surface area contributed by atoms with Crippen molar-refractivity contribution in [1.82, 2.24) is 5.32 Å². The Kier molecular flexibility index (Phi) is 4.70. The number of carbonyl (C=O) groups is 2. The first kappa shape index (κ1) is 16.6. The fraction of sp³-hybridized carbons (Fsp3) is 0.158. The van der Waals surface area contributed by atoms with Crippen LogP contribution in [0.4, 0.5) is 5.69 Å². The lowest BCUT2D eigenvalue weighted by molar-refractivity contribution is -0.120. The molecule has 6 heteroatoms. The van der Waals surface area contributed by atoms with Gasteiger partial charge in [0.15, 0.2) is 0 Å². The molecule has 0 aliphatic carbocycles. The van der Waals surface area contributed by atoms with Gasteiger partial charge in [-0.3, -0.25) is 9.59 Å². The van der Waals surface area contributed by atoms with Gasteiger partial charge in [-0.05, 0) is 42.0 Å². The topological polar surface area (TPSA) is 67.9 Å². The number of anilines is 1. The molecule has 1 heterocycles. The Hall–Kier alpha value is -3.28. The SMILES string of the molecule is COc1ccc(CNC2=CC(=O)N(c3ccc(OC)cc3)C2=O)cc1. The molecule has 0 unspecified atom stereocenters. The first-order valence-electron chi connectivity index (χ1n) is 7.73. The van der Waals surface area contributed by atoms with E-state index in [2.05, 4.69) is 5.32 Å². The molecule has 1 aliphatic rings. The third kappa shape index (κ3) is 3.47. The van der Waals surface area contributed by atoms with Crippen molar-refractivity contribution >= 4 is 17.5 Å². The summed E-state index contributed by atoms with van der Waals surface area (Å²) in [6.45, 7) is 0.436. The molecule has 0 atom stereocenters. The highest BCUT2D eigenvalue weighted by molar-refractivity contribution is 6.30. The van der Waals surface area contributed by atoms with E-state index in [-0.39, 0.29) is 17.5 Å². The zero-order valence-corrected chi connectivity index (χ0v) is 14.0. The molecule has 2 aromatic carbocycles. The van der Waals surface area contributed by atoms with E-state index in [1.165, 1.54) is 6.08 Å². The molecule has 3 rings (SSSR count). The van der Waals surface area contributed by atoms with Gasteiger partial charge in [-0.25, -0.2) is 4.90 Å². The van der Waals surface area contributed by atoms with Crippen LogP contribution < -0.4 is 19.7 Å². The van der Waals surface area contributed by atoms with Crippen molar-refractivity contribution in [1.29, 1.82) is 0 Å². The predicted octanol–water partition coefficient (Wildman–Crippen LogP) is 2.25. The van der Waals surface area contributed by atoms with Gasteiger partial charge in [0.1, 0.15) is 17.2 Å². The van der Waals surface area contributed by atoms with Crippen LogP contribution in [-0.4, -0.2) is 26.0 Å². The zero-order valence-electron chi connectivity index (χ0n) is 14.0. The van der Waals surface area contributed by atoms with Crippen LogP contribution in [0.1, 0.15) is 5.56 Å². The van der Waals surface area contributed by atoms with Gasteiger partial charge in [0.2, 0.25) is 0 Å². The monoisotopic (exact) mass is 338 g/mol. The van der Waals surface area contributed by atoms with Crippen molar-refractivity contribution in [2.45, 2.75) is 6.54 Å².